The Balaban J connectivity index is 1.60. The third-order valence-corrected chi connectivity index (χ3v) is 5.56. The summed E-state index contributed by atoms with van der Waals surface area (Å²) in [6.45, 7) is 0.904. The molecule has 0 saturated heterocycles. The van der Waals surface area contributed by atoms with E-state index >= 15 is 0 Å². The van der Waals surface area contributed by atoms with Crippen LogP contribution in [0.5, 0.6) is 0 Å². The summed E-state index contributed by atoms with van der Waals surface area (Å²) in [6.07, 6.45) is 2.91. The van der Waals surface area contributed by atoms with Crippen LogP contribution in [0.25, 0.3) is 10.6 Å². The maximum atomic E-state index is 4.57. The molecule has 0 saturated carbocycles. The molecule has 2 N–H and O–H groups in total. The zero-order valence-electron chi connectivity index (χ0n) is 11.3. The smallest absolute Gasteiger partial charge is 0.124 e. The summed E-state index contributed by atoms with van der Waals surface area (Å²) in [5, 5.41) is 5.65. The monoisotopic (exact) mass is 359 g/mol. The van der Waals surface area contributed by atoms with Gasteiger partial charge in [0.05, 0.1) is 22.8 Å². The molecule has 1 aliphatic rings. The van der Waals surface area contributed by atoms with Gasteiger partial charge < -0.3 is 10.3 Å². The highest BCUT2D eigenvalue weighted by Gasteiger charge is 2.21. The second-order valence-corrected chi connectivity index (χ2v) is 7.04. The summed E-state index contributed by atoms with van der Waals surface area (Å²) in [6, 6.07) is 11.0. The van der Waals surface area contributed by atoms with Gasteiger partial charge in [-0.1, -0.05) is 24.3 Å². The Morgan fingerprint density at radius 1 is 1.24 bits per heavy atom. The number of rotatable bonds is 2. The summed E-state index contributed by atoms with van der Waals surface area (Å²) in [5.74, 6) is 1.02. The van der Waals surface area contributed by atoms with Gasteiger partial charge in [0, 0.05) is 16.4 Å². The molecule has 0 radical (unpaired) electrons. The molecule has 1 unspecified atom stereocenters. The molecule has 1 aliphatic heterocycles. The molecule has 0 aliphatic carbocycles. The van der Waals surface area contributed by atoms with Crippen molar-refractivity contribution in [2.24, 2.45) is 0 Å². The van der Waals surface area contributed by atoms with E-state index in [4.69, 9.17) is 0 Å². The average molecular weight is 360 g/mol. The first-order valence-corrected chi connectivity index (χ1v) is 8.56. The van der Waals surface area contributed by atoms with Crippen molar-refractivity contribution in [3.63, 3.8) is 0 Å². The van der Waals surface area contributed by atoms with Crippen molar-refractivity contribution in [2.45, 2.75) is 19.0 Å². The lowest BCUT2D eigenvalue weighted by molar-refractivity contribution is 0.480. The molecule has 4 rings (SSSR count). The fourth-order valence-corrected chi connectivity index (χ4v) is 4.14. The van der Waals surface area contributed by atoms with Gasteiger partial charge in [0.25, 0.3) is 0 Å². The third-order valence-electron chi connectivity index (χ3n) is 3.84. The van der Waals surface area contributed by atoms with Gasteiger partial charge in [-0.15, -0.1) is 11.3 Å². The lowest BCUT2D eigenvalue weighted by Gasteiger charge is -2.24. The second kappa shape index (κ2) is 5.40. The van der Waals surface area contributed by atoms with E-state index in [-0.39, 0.29) is 6.04 Å². The molecule has 1 aromatic carbocycles. The minimum Gasteiger partial charge on any atom is -0.340 e. The summed E-state index contributed by atoms with van der Waals surface area (Å²) in [5.41, 5.74) is 3.89. The van der Waals surface area contributed by atoms with E-state index in [1.807, 2.05) is 6.20 Å². The number of benzene rings is 1. The number of halogens is 1. The lowest BCUT2D eigenvalue weighted by atomic mass is 9.96. The van der Waals surface area contributed by atoms with Gasteiger partial charge in [0.1, 0.15) is 5.82 Å². The highest BCUT2D eigenvalue weighted by atomic mass is 79.9. The Hall–Kier alpha value is -1.43. The lowest BCUT2D eigenvalue weighted by Crippen LogP contribution is -2.29. The Morgan fingerprint density at radius 2 is 2.10 bits per heavy atom. The van der Waals surface area contributed by atoms with Crippen molar-refractivity contribution >= 4 is 27.3 Å². The van der Waals surface area contributed by atoms with Gasteiger partial charge >= 0.3 is 0 Å². The van der Waals surface area contributed by atoms with E-state index < -0.39 is 0 Å². The number of imidazole rings is 1. The molecule has 3 aromatic rings. The molecular weight excluding hydrogens is 346 g/mol. The van der Waals surface area contributed by atoms with Crippen LogP contribution in [-0.2, 0) is 13.0 Å². The van der Waals surface area contributed by atoms with E-state index in [0.717, 1.165) is 29.0 Å². The van der Waals surface area contributed by atoms with Crippen LogP contribution in [0, 0.1) is 0 Å². The fourth-order valence-electron chi connectivity index (χ4n) is 2.74. The van der Waals surface area contributed by atoms with E-state index in [9.17, 15) is 0 Å². The fraction of sp³-hybridized carbons (Fsp3) is 0.188. The number of hydrogen-bond donors (Lipinski definition) is 2. The van der Waals surface area contributed by atoms with Gasteiger partial charge in [-0.3, -0.25) is 0 Å². The molecule has 106 valence electrons. The number of aromatic nitrogens is 2. The van der Waals surface area contributed by atoms with Gasteiger partial charge in [0.15, 0.2) is 0 Å². The molecular formula is C16H14BrN3S. The zero-order chi connectivity index (χ0) is 14.2. The maximum Gasteiger partial charge on any atom is 0.124 e. The van der Waals surface area contributed by atoms with Crippen LogP contribution in [0.2, 0.25) is 0 Å². The standard InChI is InChI=1S/C16H14BrN3S/c17-12-6-15(21-9-12)14-8-19-16(20-14)13-5-10-3-1-2-4-11(10)7-18-13/h1-4,6,8-9,13,18H,5,7H2,(H,19,20). The molecule has 3 nitrogen and oxygen atoms in total. The van der Waals surface area contributed by atoms with E-state index in [0.29, 0.717) is 0 Å². The minimum atomic E-state index is 0.261. The molecule has 5 heteroatoms. The van der Waals surface area contributed by atoms with Crippen molar-refractivity contribution < 1.29 is 0 Å². The Kier molecular flexibility index (Phi) is 3.41. The molecule has 21 heavy (non-hydrogen) atoms. The van der Waals surface area contributed by atoms with Crippen molar-refractivity contribution in [3.05, 3.63) is 63.3 Å². The van der Waals surface area contributed by atoms with Crippen LogP contribution in [-0.4, -0.2) is 9.97 Å². The normalized spacial score (nSPS) is 17.7. The number of nitrogens with one attached hydrogen (secondary N) is 2. The average Bonchev–Trinajstić information content (AvgIpc) is 3.15. The largest absolute Gasteiger partial charge is 0.340 e. The number of nitrogens with zero attached hydrogens (tertiary/aromatic N) is 1. The molecule has 0 amide bonds. The predicted molar refractivity (Wildman–Crippen MR) is 89.3 cm³/mol. The van der Waals surface area contributed by atoms with E-state index in [1.165, 1.54) is 16.0 Å². The second-order valence-electron chi connectivity index (χ2n) is 5.22. The number of thiophene rings is 1. The quantitative estimate of drug-likeness (QED) is 0.716. The highest BCUT2D eigenvalue weighted by molar-refractivity contribution is 9.10. The Bertz CT molecular complexity index is 777. The number of fused-ring (bicyclic) bond motifs is 1. The first-order valence-electron chi connectivity index (χ1n) is 6.89. The first kappa shape index (κ1) is 13.2. The van der Waals surface area contributed by atoms with Gasteiger partial charge in [-0.05, 0) is 39.5 Å². The molecule has 3 heterocycles. The summed E-state index contributed by atoms with van der Waals surface area (Å²) < 4.78 is 1.11. The molecule has 2 aromatic heterocycles. The molecule has 0 spiro atoms. The van der Waals surface area contributed by atoms with E-state index in [2.05, 4.69) is 66.9 Å². The molecule has 1 atom stereocenters. The van der Waals surface area contributed by atoms with Crippen molar-refractivity contribution in [3.8, 4) is 10.6 Å². The summed E-state index contributed by atoms with van der Waals surface area (Å²) in [7, 11) is 0. The summed E-state index contributed by atoms with van der Waals surface area (Å²) in [4.78, 5) is 9.24. The topological polar surface area (TPSA) is 40.7 Å². The van der Waals surface area contributed by atoms with E-state index in [1.54, 1.807) is 11.3 Å². The molecule has 0 bridgehead atoms. The first-order chi connectivity index (χ1) is 10.3. The van der Waals surface area contributed by atoms with Crippen molar-refractivity contribution in [2.75, 3.05) is 0 Å². The van der Waals surface area contributed by atoms with Crippen LogP contribution in [0.15, 0.2) is 46.4 Å². The number of H-pyrrole nitrogens is 1. The molecule has 0 fully saturated rings. The number of hydrogen-bond acceptors (Lipinski definition) is 3. The van der Waals surface area contributed by atoms with Crippen molar-refractivity contribution in [1.82, 2.24) is 15.3 Å². The van der Waals surface area contributed by atoms with Crippen molar-refractivity contribution in [1.29, 1.82) is 0 Å². The van der Waals surface area contributed by atoms with Crippen LogP contribution in [0.4, 0.5) is 0 Å². The number of aromatic amines is 1. The van der Waals surface area contributed by atoms with Crippen LogP contribution >= 0.6 is 27.3 Å². The third kappa shape index (κ3) is 2.57. The van der Waals surface area contributed by atoms with Crippen LogP contribution in [0.3, 0.4) is 0 Å². The Morgan fingerprint density at radius 3 is 2.90 bits per heavy atom. The van der Waals surface area contributed by atoms with Crippen LogP contribution in [0.1, 0.15) is 23.0 Å². The zero-order valence-corrected chi connectivity index (χ0v) is 13.7. The summed E-state index contributed by atoms with van der Waals surface area (Å²) >= 11 is 5.21. The highest BCUT2D eigenvalue weighted by Crippen LogP contribution is 2.30. The van der Waals surface area contributed by atoms with Gasteiger partial charge in [-0.2, -0.15) is 0 Å². The van der Waals surface area contributed by atoms with Gasteiger partial charge in [0.2, 0.25) is 0 Å². The Labute approximate surface area is 135 Å². The maximum absolute atomic E-state index is 4.57. The predicted octanol–water partition coefficient (Wildman–Crippen LogP) is 4.29. The minimum absolute atomic E-state index is 0.261. The van der Waals surface area contributed by atoms with Crippen LogP contribution < -0.4 is 5.32 Å². The van der Waals surface area contributed by atoms with Gasteiger partial charge in [-0.25, -0.2) is 4.98 Å². The SMILES string of the molecule is Brc1csc(-c2cnc(C3Cc4ccccc4CN3)[nH]2)c1.